The van der Waals surface area contributed by atoms with Crippen molar-refractivity contribution in [2.24, 2.45) is 0 Å². The first-order valence-electron chi connectivity index (χ1n) is 10.8. The Bertz CT molecular complexity index is 1530. The van der Waals surface area contributed by atoms with Gasteiger partial charge in [-0.2, -0.15) is 0 Å². The first-order valence-corrected chi connectivity index (χ1v) is 13.9. The van der Waals surface area contributed by atoms with Crippen molar-refractivity contribution in [3.05, 3.63) is 101 Å². The van der Waals surface area contributed by atoms with E-state index in [0.717, 1.165) is 17.6 Å². The minimum Gasteiger partial charge on any atom is -0.459 e. The molecule has 1 saturated heterocycles. The number of thiocarbonyl (C=S) groups is 1. The molecule has 2 aromatic heterocycles. The highest BCUT2D eigenvalue weighted by atomic mass is 79.9. The van der Waals surface area contributed by atoms with Crippen molar-refractivity contribution >= 4 is 54.7 Å². The predicted molar refractivity (Wildman–Crippen MR) is 145 cm³/mol. The van der Waals surface area contributed by atoms with E-state index in [0.29, 0.717) is 32.4 Å². The Morgan fingerprint density at radius 1 is 1.11 bits per heavy atom. The van der Waals surface area contributed by atoms with E-state index in [1.165, 1.54) is 6.07 Å². The van der Waals surface area contributed by atoms with Crippen LogP contribution in [-0.4, -0.2) is 24.8 Å². The van der Waals surface area contributed by atoms with Gasteiger partial charge >= 0.3 is 0 Å². The molecule has 184 valence electrons. The topological polar surface area (TPSA) is 87.5 Å². The van der Waals surface area contributed by atoms with Crippen LogP contribution in [0.2, 0.25) is 0 Å². The summed E-state index contributed by atoms with van der Waals surface area (Å²) in [7, 11) is -3.41. The number of pyridine rings is 1. The van der Waals surface area contributed by atoms with Crippen LogP contribution in [-0.2, 0) is 10.0 Å². The zero-order valence-electron chi connectivity index (χ0n) is 18.9. The average molecular weight is 587 g/mol. The van der Waals surface area contributed by atoms with Crippen LogP contribution in [0.25, 0.3) is 11.3 Å². The van der Waals surface area contributed by atoms with E-state index in [1.807, 2.05) is 23.1 Å². The molecule has 2 atom stereocenters. The lowest BCUT2D eigenvalue weighted by Crippen LogP contribution is -2.29. The summed E-state index contributed by atoms with van der Waals surface area (Å²) in [5.74, 6) is 0.548. The number of hydrogen-bond donors (Lipinski definition) is 2. The van der Waals surface area contributed by atoms with Crippen LogP contribution in [0, 0.1) is 5.82 Å². The van der Waals surface area contributed by atoms with Gasteiger partial charge in [-0.25, -0.2) is 12.8 Å². The molecule has 2 aromatic carbocycles. The quantitative estimate of drug-likeness (QED) is 0.276. The Labute approximate surface area is 221 Å². The molecule has 0 spiro atoms. The molecular weight excluding hydrogens is 567 g/mol. The van der Waals surface area contributed by atoms with Crippen LogP contribution in [0.3, 0.4) is 0 Å². The van der Waals surface area contributed by atoms with Crippen LogP contribution in [0.1, 0.15) is 23.5 Å². The minimum absolute atomic E-state index is 0.343. The van der Waals surface area contributed by atoms with Gasteiger partial charge < -0.3 is 14.6 Å². The van der Waals surface area contributed by atoms with Crippen LogP contribution in [0.15, 0.2) is 87.9 Å². The molecule has 0 radical (unpaired) electrons. The number of nitrogens with one attached hydrogen (secondary N) is 2. The molecule has 3 heterocycles. The summed E-state index contributed by atoms with van der Waals surface area (Å²) in [5.41, 5.74) is 2.26. The van der Waals surface area contributed by atoms with E-state index in [2.05, 4.69) is 31.0 Å². The van der Waals surface area contributed by atoms with Gasteiger partial charge in [0.05, 0.1) is 23.6 Å². The molecule has 0 bridgehead atoms. The van der Waals surface area contributed by atoms with E-state index in [4.69, 9.17) is 16.6 Å². The van der Waals surface area contributed by atoms with Crippen molar-refractivity contribution < 1.29 is 17.2 Å². The van der Waals surface area contributed by atoms with Crippen molar-refractivity contribution in [3.8, 4) is 11.3 Å². The van der Waals surface area contributed by atoms with Crippen LogP contribution < -0.4 is 14.9 Å². The zero-order chi connectivity index (χ0) is 25.4. The fourth-order valence-corrected chi connectivity index (χ4v) is 5.42. The third kappa shape index (κ3) is 4.99. The summed E-state index contributed by atoms with van der Waals surface area (Å²) >= 11 is 8.98. The molecule has 36 heavy (non-hydrogen) atoms. The highest BCUT2D eigenvalue weighted by Crippen LogP contribution is 2.43. The van der Waals surface area contributed by atoms with Crippen molar-refractivity contribution in [3.63, 3.8) is 0 Å². The SMILES string of the molecule is CS(=O)(=O)Nc1ccc(N2C(=S)N[C@H](c3ccccn3)[C@H]2c2ccc(-c3ccc(Br)cc3F)o2)cc1. The maximum absolute atomic E-state index is 14.6. The molecule has 7 nitrogen and oxygen atoms in total. The Morgan fingerprint density at radius 2 is 1.89 bits per heavy atom. The van der Waals surface area contributed by atoms with Crippen molar-refractivity contribution in [2.75, 3.05) is 15.9 Å². The Balaban J connectivity index is 1.56. The largest absolute Gasteiger partial charge is 0.459 e. The van der Waals surface area contributed by atoms with Crippen molar-refractivity contribution in [1.29, 1.82) is 0 Å². The molecule has 0 amide bonds. The molecule has 0 unspecified atom stereocenters. The number of sulfonamides is 1. The third-order valence-corrected chi connectivity index (χ3v) is 7.08. The summed E-state index contributed by atoms with van der Waals surface area (Å²) in [6, 6.07) is 20.0. The highest BCUT2D eigenvalue weighted by Gasteiger charge is 2.42. The van der Waals surface area contributed by atoms with Gasteiger partial charge in [-0.15, -0.1) is 0 Å². The number of furan rings is 1. The molecule has 1 aliphatic heterocycles. The van der Waals surface area contributed by atoms with Gasteiger partial charge in [0.15, 0.2) is 5.11 Å². The normalized spacial score (nSPS) is 17.8. The lowest BCUT2D eigenvalue weighted by Gasteiger charge is -2.26. The van der Waals surface area contributed by atoms with Gasteiger partial charge in [-0.1, -0.05) is 22.0 Å². The predicted octanol–water partition coefficient (Wildman–Crippen LogP) is 5.79. The number of aromatic nitrogens is 1. The second-order valence-electron chi connectivity index (χ2n) is 8.24. The lowest BCUT2D eigenvalue weighted by molar-refractivity contribution is 0.438. The fourth-order valence-electron chi connectivity index (χ4n) is 4.17. The number of halogens is 2. The summed E-state index contributed by atoms with van der Waals surface area (Å²) in [4.78, 5) is 6.40. The van der Waals surface area contributed by atoms with Gasteiger partial charge in [0.1, 0.15) is 23.4 Å². The van der Waals surface area contributed by atoms with Crippen LogP contribution in [0.4, 0.5) is 15.8 Å². The molecule has 2 N–H and O–H groups in total. The number of benzene rings is 2. The average Bonchev–Trinajstić information content (AvgIpc) is 3.44. The summed E-state index contributed by atoms with van der Waals surface area (Å²) in [5, 5.41) is 3.78. The van der Waals surface area contributed by atoms with Gasteiger partial charge in [-0.05, 0) is 78.9 Å². The first-order chi connectivity index (χ1) is 17.2. The molecule has 0 saturated carbocycles. The smallest absolute Gasteiger partial charge is 0.229 e. The fraction of sp³-hybridized carbons (Fsp3) is 0.120. The molecule has 5 rings (SSSR count). The summed E-state index contributed by atoms with van der Waals surface area (Å²) in [6.07, 6.45) is 2.80. The Hall–Kier alpha value is -3.28. The second kappa shape index (κ2) is 9.64. The van der Waals surface area contributed by atoms with E-state index < -0.39 is 21.9 Å². The van der Waals surface area contributed by atoms with Gasteiger partial charge in [0, 0.05) is 22.0 Å². The highest BCUT2D eigenvalue weighted by molar-refractivity contribution is 9.10. The number of anilines is 2. The molecular formula is C25H20BrFN4O3S2. The lowest BCUT2D eigenvalue weighted by atomic mass is 10.0. The number of rotatable bonds is 6. The van der Waals surface area contributed by atoms with Crippen molar-refractivity contribution in [1.82, 2.24) is 10.3 Å². The second-order valence-corrected chi connectivity index (χ2v) is 11.3. The maximum Gasteiger partial charge on any atom is 0.229 e. The van der Waals surface area contributed by atoms with E-state index >= 15 is 0 Å². The molecule has 0 aliphatic carbocycles. The molecule has 1 aliphatic rings. The molecule has 1 fully saturated rings. The van der Waals surface area contributed by atoms with Gasteiger partial charge in [-0.3, -0.25) is 9.71 Å². The molecule has 11 heteroatoms. The van der Waals surface area contributed by atoms with Crippen molar-refractivity contribution in [2.45, 2.75) is 12.1 Å². The number of nitrogens with zero attached hydrogens (tertiary/aromatic N) is 2. The Morgan fingerprint density at radius 3 is 2.56 bits per heavy atom. The first kappa shape index (κ1) is 24.4. The van der Waals surface area contributed by atoms with Crippen LogP contribution in [0.5, 0.6) is 0 Å². The minimum atomic E-state index is -3.41. The Kier molecular flexibility index (Phi) is 6.54. The monoisotopic (exact) mass is 586 g/mol. The van der Waals surface area contributed by atoms with E-state index in [1.54, 1.807) is 54.7 Å². The zero-order valence-corrected chi connectivity index (χ0v) is 22.1. The third-order valence-electron chi connectivity index (χ3n) is 5.66. The summed E-state index contributed by atoms with van der Waals surface area (Å²) in [6.45, 7) is 0. The molecule has 4 aromatic rings. The maximum atomic E-state index is 14.6. The van der Waals surface area contributed by atoms with Gasteiger partial charge in [0.2, 0.25) is 10.0 Å². The van der Waals surface area contributed by atoms with E-state index in [-0.39, 0.29) is 6.04 Å². The van der Waals surface area contributed by atoms with E-state index in [9.17, 15) is 12.8 Å². The summed E-state index contributed by atoms with van der Waals surface area (Å²) < 4.78 is 47.1. The van der Waals surface area contributed by atoms with Gasteiger partial charge in [0.25, 0.3) is 0 Å². The van der Waals surface area contributed by atoms with Crippen LogP contribution >= 0.6 is 28.1 Å². The number of hydrogen-bond acceptors (Lipinski definition) is 5. The standard InChI is InChI=1S/C25H20BrFN4O3S2/c1-36(32,33)30-16-6-8-17(9-7-16)31-24(23(29-25(31)35)20-4-2-3-13-28-20)22-12-11-21(34-22)18-10-5-15(26)14-19(18)27/h2-14,23-24,30H,1H3,(H,29,35)/t23-,24-/m1/s1.